The third-order valence-electron chi connectivity index (χ3n) is 6.47. The molecule has 2 aliphatic carbocycles. The van der Waals surface area contributed by atoms with Gasteiger partial charge in [-0.25, -0.2) is 5.57 Å². The van der Waals surface area contributed by atoms with E-state index in [0.717, 1.165) is 22.4 Å². The van der Waals surface area contributed by atoms with Crippen LogP contribution in [0.2, 0.25) is 13.1 Å². The van der Waals surface area contributed by atoms with E-state index in [0.29, 0.717) is 5.92 Å². The van der Waals surface area contributed by atoms with Gasteiger partial charge in [-0.3, -0.25) is 6.08 Å². The Kier molecular flexibility index (Phi) is 20.5. The van der Waals surface area contributed by atoms with Gasteiger partial charge in [0.15, 0.2) is 0 Å². The molecule has 2 aromatic carbocycles. The van der Waals surface area contributed by atoms with E-state index < -0.39 is 0 Å². The molecule has 3 heteroatoms. The molecule has 2 aromatic rings. The second kappa shape index (κ2) is 21.1. The standard InChI is InChI=1S/C12H10.C9H18N.C9H13.C2H7Si.Zr/c1-3-7-11(8-4-1)12-9-5-2-6-10-12;10-9-7-5-3-1-2-4-6-8-9;1-6-5-7(2)9(4)8(6)3;1-3-2;/h1-10H;9-10H,1-8H2;6H,1-4H3;3H,1-2H3;/q;2*-1;;+2. The third-order valence-corrected chi connectivity index (χ3v) is 6.47. The fourth-order valence-corrected chi connectivity index (χ4v) is 4.06. The van der Waals surface area contributed by atoms with Crippen molar-refractivity contribution in [2.24, 2.45) is 5.92 Å². The molecule has 0 aromatic heterocycles. The van der Waals surface area contributed by atoms with Crippen molar-refractivity contribution in [1.29, 1.82) is 0 Å². The molecule has 0 bridgehead atoms. The topological polar surface area (TPSA) is 23.8 Å². The summed E-state index contributed by atoms with van der Waals surface area (Å²) in [4.78, 5) is 0. The van der Waals surface area contributed by atoms with Gasteiger partial charge in [0.25, 0.3) is 0 Å². The molecule has 0 saturated heterocycles. The van der Waals surface area contributed by atoms with E-state index in [1.807, 2.05) is 12.1 Å². The zero-order chi connectivity index (χ0) is 25.2. The van der Waals surface area contributed by atoms with Crippen LogP contribution in [0.3, 0.4) is 0 Å². The second-order valence-electron chi connectivity index (χ2n) is 9.50. The minimum atomic E-state index is 0. The molecular formula is C32H48NSiZr. The van der Waals surface area contributed by atoms with Crippen LogP contribution in [0.4, 0.5) is 0 Å². The van der Waals surface area contributed by atoms with Gasteiger partial charge in [0, 0.05) is 9.52 Å². The van der Waals surface area contributed by atoms with Crippen LogP contribution in [0.15, 0.2) is 77.4 Å². The zero-order valence-electron chi connectivity index (χ0n) is 23.2. The Hall–Kier alpha value is -1.02. The number of hydrogen-bond acceptors (Lipinski definition) is 0. The Morgan fingerprint density at radius 3 is 1.37 bits per heavy atom. The maximum Gasteiger partial charge on any atom is 2.00 e. The number of nitrogens with one attached hydrogen (secondary N) is 1. The summed E-state index contributed by atoms with van der Waals surface area (Å²) < 4.78 is 0. The van der Waals surface area contributed by atoms with Gasteiger partial charge in [-0.1, -0.05) is 152 Å². The fraction of sp³-hybridized carbons (Fsp3) is 0.500. The Bertz CT molecular complexity index is 782. The number of benzene rings is 2. The van der Waals surface area contributed by atoms with Gasteiger partial charge in [0.2, 0.25) is 0 Å². The summed E-state index contributed by atoms with van der Waals surface area (Å²) in [5, 5.41) is 0. The molecule has 1 fully saturated rings. The molecule has 0 amide bonds. The third kappa shape index (κ3) is 15.0. The summed E-state index contributed by atoms with van der Waals surface area (Å²) in [7, 11) is 0.750. The number of hydrogen-bond donors (Lipinski definition) is 0. The van der Waals surface area contributed by atoms with Crippen molar-refractivity contribution >= 4 is 9.52 Å². The quantitative estimate of drug-likeness (QED) is 0.243. The molecular weight excluding hydrogens is 518 g/mol. The molecule has 1 N–H and O–H groups in total. The first-order valence-corrected chi connectivity index (χ1v) is 15.5. The summed E-state index contributed by atoms with van der Waals surface area (Å²) in [6.07, 6.45) is 13.8. The zero-order valence-corrected chi connectivity index (χ0v) is 26.8. The van der Waals surface area contributed by atoms with Crippen LogP contribution in [0.25, 0.3) is 16.9 Å². The SMILES string of the molecule is CC1=[C-]C(C)C(C)=C1C.C[SiH]C.[NH-]C1CCCCCCCC1.[Zr+2].c1ccc(-c2ccccc2)cc1. The normalized spacial score (nSPS) is 17.9. The van der Waals surface area contributed by atoms with E-state index in [2.05, 4.69) is 95.4 Å². The molecule has 0 aliphatic heterocycles. The van der Waals surface area contributed by atoms with Crippen LogP contribution >= 0.6 is 0 Å². The molecule has 0 spiro atoms. The first kappa shape index (κ1) is 34.0. The smallest absolute Gasteiger partial charge is 0.675 e. The van der Waals surface area contributed by atoms with Crippen molar-refractivity contribution in [3.8, 4) is 11.1 Å². The van der Waals surface area contributed by atoms with Crippen LogP contribution in [0.5, 0.6) is 0 Å². The second-order valence-corrected chi connectivity index (χ2v) is 10.7. The molecule has 1 saturated carbocycles. The van der Waals surface area contributed by atoms with Crippen molar-refractivity contribution in [2.45, 2.75) is 98.2 Å². The van der Waals surface area contributed by atoms with E-state index >= 15 is 0 Å². The predicted octanol–water partition coefficient (Wildman–Crippen LogP) is 10.1. The Balaban J connectivity index is 0.000000467. The largest absolute Gasteiger partial charge is 2.00 e. The summed E-state index contributed by atoms with van der Waals surface area (Å²) in [6.45, 7) is 13.1. The summed E-state index contributed by atoms with van der Waals surface area (Å²) >= 11 is 0. The molecule has 1 atom stereocenters. The van der Waals surface area contributed by atoms with Crippen molar-refractivity contribution in [2.75, 3.05) is 0 Å². The van der Waals surface area contributed by atoms with E-state index in [9.17, 15) is 0 Å². The summed E-state index contributed by atoms with van der Waals surface area (Å²) in [5.74, 6) is 0.560. The molecule has 1 radical (unpaired) electrons. The van der Waals surface area contributed by atoms with Gasteiger partial charge >= 0.3 is 26.2 Å². The van der Waals surface area contributed by atoms with Crippen molar-refractivity contribution in [1.82, 2.24) is 0 Å². The van der Waals surface area contributed by atoms with E-state index in [1.165, 1.54) is 66.4 Å². The Morgan fingerprint density at radius 2 is 1.09 bits per heavy atom. The first-order chi connectivity index (χ1) is 16.4. The minimum absolute atomic E-state index is 0. The predicted molar refractivity (Wildman–Crippen MR) is 156 cm³/mol. The molecule has 189 valence electrons. The maximum atomic E-state index is 7.61. The van der Waals surface area contributed by atoms with E-state index in [-0.39, 0.29) is 32.2 Å². The number of rotatable bonds is 1. The molecule has 0 heterocycles. The van der Waals surface area contributed by atoms with Gasteiger partial charge in [0.1, 0.15) is 0 Å². The van der Waals surface area contributed by atoms with E-state index in [1.54, 1.807) is 0 Å². The van der Waals surface area contributed by atoms with Gasteiger partial charge in [-0.15, -0.1) is 13.0 Å². The van der Waals surface area contributed by atoms with Gasteiger partial charge < -0.3 is 5.73 Å². The summed E-state index contributed by atoms with van der Waals surface area (Å²) in [5.41, 5.74) is 14.4. The molecule has 35 heavy (non-hydrogen) atoms. The maximum absolute atomic E-state index is 7.61. The molecule has 1 nitrogen and oxygen atoms in total. The van der Waals surface area contributed by atoms with Crippen molar-refractivity contribution in [3.63, 3.8) is 0 Å². The minimum Gasteiger partial charge on any atom is -0.675 e. The monoisotopic (exact) mass is 564 g/mol. The average molecular weight is 566 g/mol. The first-order valence-electron chi connectivity index (χ1n) is 13.2. The van der Waals surface area contributed by atoms with Gasteiger partial charge in [-0.05, 0) is 11.1 Å². The van der Waals surface area contributed by atoms with Crippen LogP contribution in [-0.2, 0) is 26.2 Å². The van der Waals surface area contributed by atoms with Crippen LogP contribution in [0.1, 0.15) is 79.1 Å². The van der Waals surface area contributed by atoms with E-state index in [4.69, 9.17) is 5.73 Å². The van der Waals surface area contributed by atoms with Crippen LogP contribution in [-0.4, -0.2) is 15.6 Å². The van der Waals surface area contributed by atoms with Crippen LogP contribution in [0, 0.1) is 12.0 Å². The summed E-state index contributed by atoms with van der Waals surface area (Å²) in [6, 6.07) is 21.0. The van der Waals surface area contributed by atoms with Crippen LogP contribution < -0.4 is 0 Å². The number of allylic oxidation sites excluding steroid dienone is 4. The van der Waals surface area contributed by atoms with Gasteiger partial charge in [0.05, 0.1) is 0 Å². The van der Waals surface area contributed by atoms with Gasteiger partial charge in [-0.2, -0.15) is 11.1 Å². The average Bonchev–Trinajstić information content (AvgIpc) is 3.15. The Labute approximate surface area is 239 Å². The molecule has 4 rings (SSSR count). The Morgan fingerprint density at radius 1 is 0.714 bits per heavy atom. The fourth-order valence-electron chi connectivity index (χ4n) is 4.06. The molecule has 1 unspecified atom stereocenters. The molecule has 2 aliphatic rings. The van der Waals surface area contributed by atoms with Crippen molar-refractivity contribution < 1.29 is 26.2 Å². The van der Waals surface area contributed by atoms with Crippen molar-refractivity contribution in [3.05, 3.63) is 89.2 Å².